The van der Waals surface area contributed by atoms with Gasteiger partial charge in [0.25, 0.3) is 0 Å². The van der Waals surface area contributed by atoms with Crippen molar-refractivity contribution in [2.24, 2.45) is 0 Å². The molecule has 1 aromatic heterocycles. The van der Waals surface area contributed by atoms with E-state index in [0.717, 1.165) is 10.9 Å². The zero-order chi connectivity index (χ0) is 17.8. The molecule has 0 saturated carbocycles. The van der Waals surface area contributed by atoms with Gasteiger partial charge in [-0.1, -0.05) is 18.2 Å². The second-order valence-electron chi connectivity index (χ2n) is 5.44. The van der Waals surface area contributed by atoms with E-state index >= 15 is 0 Å². The van der Waals surface area contributed by atoms with E-state index in [-0.39, 0.29) is 12.3 Å². The minimum Gasteiger partial charge on any atom is -0.493 e. The molecule has 130 valence electrons. The molecule has 0 radical (unpaired) electrons. The first kappa shape index (κ1) is 16.7. The van der Waals surface area contributed by atoms with E-state index < -0.39 is 0 Å². The van der Waals surface area contributed by atoms with Crippen molar-refractivity contribution >= 4 is 22.4 Å². The van der Waals surface area contributed by atoms with Crippen molar-refractivity contribution in [1.29, 1.82) is 0 Å². The van der Waals surface area contributed by atoms with Crippen LogP contribution < -0.4 is 19.5 Å². The number of H-pyrrole nitrogens is 1. The number of methoxy groups -OCH3 is 3. The van der Waals surface area contributed by atoms with Gasteiger partial charge in [-0.05, 0) is 6.07 Å². The van der Waals surface area contributed by atoms with Crippen molar-refractivity contribution < 1.29 is 19.0 Å². The maximum absolute atomic E-state index is 12.6. The Balaban J connectivity index is 1.80. The lowest BCUT2D eigenvalue weighted by Gasteiger charge is -2.14. The van der Waals surface area contributed by atoms with Crippen LogP contribution in [-0.2, 0) is 0 Å². The highest BCUT2D eigenvalue weighted by atomic mass is 16.5. The number of carbonyl (C=O) groups is 1. The first-order chi connectivity index (χ1) is 12.2. The lowest BCUT2D eigenvalue weighted by molar-refractivity contribution is 0.101. The van der Waals surface area contributed by atoms with Gasteiger partial charge in [0, 0.05) is 40.5 Å². The van der Waals surface area contributed by atoms with E-state index in [1.165, 1.54) is 0 Å². The maximum atomic E-state index is 12.6. The molecule has 0 aliphatic heterocycles. The zero-order valence-corrected chi connectivity index (χ0v) is 14.4. The Labute approximate surface area is 145 Å². The van der Waals surface area contributed by atoms with Gasteiger partial charge in [0.1, 0.15) is 0 Å². The van der Waals surface area contributed by atoms with E-state index in [2.05, 4.69) is 10.3 Å². The monoisotopic (exact) mass is 340 g/mol. The predicted octanol–water partition coefficient (Wildman–Crippen LogP) is 3.49. The molecular formula is C19H20N2O4. The molecule has 0 saturated heterocycles. The number of carbonyl (C=O) groups excluding carboxylic acids is 1. The lowest BCUT2D eigenvalue weighted by atomic mass is 10.1. The summed E-state index contributed by atoms with van der Waals surface area (Å²) in [5.74, 6) is 1.57. The number of hydrogen-bond acceptors (Lipinski definition) is 5. The molecule has 0 aliphatic rings. The number of aromatic nitrogens is 1. The van der Waals surface area contributed by atoms with Crippen LogP contribution in [0.4, 0.5) is 5.69 Å². The van der Waals surface area contributed by atoms with Crippen LogP contribution in [0, 0.1) is 0 Å². The van der Waals surface area contributed by atoms with Crippen molar-refractivity contribution in [2.45, 2.75) is 0 Å². The molecule has 0 unspecified atom stereocenters. The molecule has 0 bridgehead atoms. The molecule has 2 N–H and O–H groups in total. The Hall–Kier alpha value is -3.15. The second-order valence-corrected chi connectivity index (χ2v) is 5.44. The van der Waals surface area contributed by atoms with E-state index in [4.69, 9.17) is 14.2 Å². The fraction of sp³-hybridized carbons (Fsp3) is 0.211. The Bertz CT molecular complexity index is 876. The first-order valence-corrected chi connectivity index (χ1v) is 7.81. The number of benzene rings is 2. The van der Waals surface area contributed by atoms with Gasteiger partial charge in [-0.15, -0.1) is 0 Å². The number of rotatable bonds is 7. The van der Waals surface area contributed by atoms with Crippen LogP contribution in [0.2, 0.25) is 0 Å². The van der Waals surface area contributed by atoms with Crippen LogP contribution in [0.3, 0.4) is 0 Å². The molecule has 3 aromatic rings. The average molecular weight is 340 g/mol. The summed E-state index contributed by atoms with van der Waals surface area (Å²) in [7, 11) is 4.66. The summed E-state index contributed by atoms with van der Waals surface area (Å²) >= 11 is 0. The number of para-hydroxylation sites is 1. The number of hydrogen-bond donors (Lipinski definition) is 2. The van der Waals surface area contributed by atoms with Crippen LogP contribution in [0.5, 0.6) is 17.2 Å². The quantitative estimate of drug-likeness (QED) is 0.644. The van der Waals surface area contributed by atoms with E-state index in [9.17, 15) is 4.79 Å². The van der Waals surface area contributed by atoms with Gasteiger partial charge in [-0.3, -0.25) is 4.79 Å². The van der Waals surface area contributed by atoms with E-state index in [1.807, 2.05) is 24.3 Å². The largest absolute Gasteiger partial charge is 0.493 e. The number of Topliss-reactive ketones (excluding diaryl/α,β-unsaturated/α-hetero) is 1. The lowest BCUT2D eigenvalue weighted by Crippen LogP contribution is -2.14. The van der Waals surface area contributed by atoms with Crippen molar-refractivity contribution in [1.82, 2.24) is 4.98 Å². The van der Waals surface area contributed by atoms with Gasteiger partial charge in [-0.2, -0.15) is 0 Å². The summed E-state index contributed by atoms with van der Waals surface area (Å²) in [5.41, 5.74) is 2.32. The molecule has 0 amide bonds. The van der Waals surface area contributed by atoms with Crippen LogP contribution in [0.15, 0.2) is 42.6 Å². The summed E-state index contributed by atoms with van der Waals surface area (Å²) in [4.78, 5) is 15.7. The molecule has 25 heavy (non-hydrogen) atoms. The van der Waals surface area contributed by atoms with Gasteiger partial charge in [0.15, 0.2) is 17.3 Å². The summed E-state index contributed by atoms with van der Waals surface area (Å²) in [6.07, 6.45) is 1.74. The second kappa shape index (κ2) is 7.17. The standard InChI is InChI=1S/C19H20N2O4/c1-23-17-8-12(9-18(24-2)19(17)25-3)20-11-16(22)14-10-21-15-7-5-4-6-13(14)15/h4-10,20-21H,11H2,1-3H3. The van der Waals surface area contributed by atoms with E-state index in [1.54, 1.807) is 39.7 Å². The topological polar surface area (TPSA) is 72.6 Å². The third-order valence-electron chi connectivity index (χ3n) is 4.01. The Kier molecular flexibility index (Phi) is 4.79. The van der Waals surface area contributed by atoms with Gasteiger partial charge < -0.3 is 24.5 Å². The molecule has 0 aliphatic carbocycles. The summed E-state index contributed by atoms with van der Waals surface area (Å²) < 4.78 is 15.9. The van der Waals surface area contributed by atoms with Crippen LogP contribution in [0.25, 0.3) is 10.9 Å². The Morgan fingerprint density at radius 2 is 1.72 bits per heavy atom. The number of ether oxygens (including phenoxy) is 3. The third kappa shape index (κ3) is 3.24. The van der Waals surface area contributed by atoms with Crippen LogP contribution in [-0.4, -0.2) is 38.6 Å². The average Bonchev–Trinajstić information content (AvgIpc) is 3.09. The summed E-state index contributed by atoms with van der Waals surface area (Å²) in [6.45, 7) is 0.153. The van der Waals surface area contributed by atoms with Crippen molar-refractivity contribution in [3.8, 4) is 17.2 Å². The number of aromatic amines is 1. The number of nitrogens with one attached hydrogen (secondary N) is 2. The summed E-state index contributed by atoms with van der Waals surface area (Å²) in [6, 6.07) is 11.3. The maximum Gasteiger partial charge on any atom is 0.203 e. The van der Waals surface area contributed by atoms with Gasteiger partial charge in [0.05, 0.1) is 27.9 Å². The third-order valence-corrected chi connectivity index (χ3v) is 4.01. The van der Waals surface area contributed by atoms with Crippen molar-refractivity contribution in [3.05, 3.63) is 48.2 Å². The van der Waals surface area contributed by atoms with Gasteiger partial charge in [-0.25, -0.2) is 0 Å². The molecular weight excluding hydrogens is 320 g/mol. The number of fused-ring (bicyclic) bond motifs is 1. The highest BCUT2D eigenvalue weighted by Gasteiger charge is 2.15. The smallest absolute Gasteiger partial charge is 0.203 e. The van der Waals surface area contributed by atoms with Gasteiger partial charge in [0.2, 0.25) is 5.75 Å². The van der Waals surface area contributed by atoms with E-state index in [0.29, 0.717) is 28.5 Å². The molecule has 2 aromatic carbocycles. The molecule has 0 spiro atoms. The van der Waals surface area contributed by atoms with Crippen LogP contribution in [0.1, 0.15) is 10.4 Å². The highest BCUT2D eigenvalue weighted by molar-refractivity contribution is 6.09. The Morgan fingerprint density at radius 3 is 2.36 bits per heavy atom. The predicted molar refractivity (Wildman–Crippen MR) is 97.2 cm³/mol. The number of anilines is 1. The van der Waals surface area contributed by atoms with Crippen molar-refractivity contribution in [2.75, 3.05) is 33.2 Å². The SMILES string of the molecule is COc1cc(NCC(=O)c2c[nH]c3ccccc23)cc(OC)c1OC. The first-order valence-electron chi connectivity index (χ1n) is 7.81. The molecule has 0 fully saturated rings. The molecule has 0 atom stereocenters. The minimum atomic E-state index is -0.00815. The fourth-order valence-electron chi connectivity index (χ4n) is 2.76. The molecule has 3 rings (SSSR count). The Morgan fingerprint density at radius 1 is 1.04 bits per heavy atom. The molecule has 1 heterocycles. The van der Waals surface area contributed by atoms with Crippen molar-refractivity contribution in [3.63, 3.8) is 0 Å². The normalized spacial score (nSPS) is 10.5. The van der Waals surface area contributed by atoms with Crippen LogP contribution >= 0.6 is 0 Å². The molecule has 6 heteroatoms. The van der Waals surface area contributed by atoms with Gasteiger partial charge >= 0.3 is 0 Å². The number of ketones is 1. The molecule has 6 nitrogen and oxygen atoms in total. The minimum absolute atomic E-state index is 0.00815. The zero-order valence-electron chi connectivity index (χ0n) is 14.4. The fourth-order valence-corrected chi connectivity index (χ4v) is 2.76. The summed E-state index contributed by atoms with van der Waals surface area (Å²) in [5, 5.41) is 4.04. The highest BCUT2D eigenvalue weighted by Crippen LogP contribution is 2.39.